The zero-order chi connectivity index (χ0) is 13.2. The van der Waals surface area contributed by atoms with Gasteiger partial charge in [0.2, 0.25) is 0 Å². The molecule has 3 heteroatoms. The van der Waals surface area contributed by atoms with E-state index in [-0.39, 0.29) is 5.54 Å². The summed E-state index contributed by atoms with van der Waals surface area (Å²) in [6.07, 6.45) is 1.27. The van der Waals surface area contributed by atoms with Gasteiger partial charge in [-0.15, -0.1) is 0 Å². The molecule has 1 N–H and O–H groups in total. The lowest BCUT2D eigenvalue weighted by Crippen LogP contribution is -2.55. The molecule has 1 aliphatic heterocycles. The summed E-state index contributed by atoms with van der Waals surface area (Å²) in [5.41, 5.74) is 0.228. The largest absolute Gasteiger partial charge is 0.312 e. The highest BCUT2D eigenvalue weighted by Crippen LogP contribution is 2.21. The fraction of sp³-hybridized carbons (Fsp3) is 1.00. The summed E-state index contributed by atoms with van der Waals surface area (Å²) >= 11 is 0. The molecular weight excluding hydrogens is 210 g/mol. The van der Waals surface area contributed by atoms with Gasteiger partial charge in [-0.25, -0.2) is 0 Å². The van der Waals surface area contributed by atoms with Gasteiger partial charge in [0, 0.05) is 30.7 Å². The van der Waals surface area contributed by atoms with Crippen molar-refractivity contribution < 1.29 is 0 Å². The molecule has 0 amide bonds. The molecule has 0 aromatic heterocycles. The first-order valence-electron chi connectivity index (χ1n) is 6.85. The fourth-order valence-corrected chi connectivity index (χ4v) is 2.36. The minimum atomic E-state index is 0.228. The SMILES string of the molecule is CC1CN(C)C(C)CC1NCC(C)(C)N(C)C. The highest BCUT2D eigenvalue weighted by atomic mass is 15.2. The van der Waals surface area contributed by atoms with E-state index in [1.165, 1.54) is 13.0 Å². The van der Waals surface area contributed by atoms with Crippen LogP contribution in [0.3, 0.4) is 0 Å². The smallest absolute Gasteiger partial charge is 0.0271 e. The second-order valence-electron chi connectivity index (χ2n) is 6.70. The molecule has 0 saturated carbocycles. The van der Waals surface area contributed by atoms with E-state index in [0.29, 0.717) is 12.1 Å². The van der Waals surface area contributed by atoms with E-state index in [9.17, 15) is 0 Å². The van der Waals surface area contributed by atoms with Gasteiger partial charge in [0.05, 0.1) is 0 Å². The van der Waals surface area contributed by atoms with Crippen LogP contribution in [0.25, 0.3) is 0 Å². The highest BCUT2D eigenvalue weighted by molar-refractivity contribution is 4.89. The summed E-state index contributed by atoms with van der Waals surface area (Å²) in [6, 6.07) is 1.37. The van der Waals surface area contributed by atoms with E-state index in [1.54, 1.807) is 0 Å². The molecule has 102 valence electrons. The summed E-state index contributed by atoms with van der Waals surface area (Å²) in [7, 11) is 6.55. The quantitative estimate of drug-likeness (QED) is 0.807. The minimum absolute atomic E-state index is 0.228. The summed E-state index contributed by atoms with van der Waals surface area (Å²) in [5.74, 6) is 0.745. The van der Waals surface area contributed by atoms with Crippen LogP contribution in [-0.2, 0) is 0 Å². The maximum atomic E-state index is 3.78. The van der Waals surface area contributed by atoms with Crippen molar-refractivity contribution in [1.82, 2.24) is 15.1 Å². The van der Waals surface area contributed by atoms with Crippen molar-refractivity contribution >= 4 is 0 Å². The van der Waals surface area contributed by atoms with Crippen LogP contribution in [0, 0.1) is 5.92 Å². The number of hydrogen-bond donors (Lipinski definition) is 1. The van der Waals surface area contributed by atoms with Crippen molar-refractivity contribution in [1.29, 1.82) is 0 Å². The maximum absolute atomic E-state index is 3.78. The number of rotatable bonds is 4. The van der Waals surface area contributed by atoms with Crippen molar-refractivity contribution in [2.75, 3.05) is 34.2 Å². The normalized spacial score (nSPS) is 32.1. The molecule has 0 bridgehead atoms. The van der Waals surface area contributed by atoms with Crippen molar-refractivity contribution in [2.45, 2.75) is 51.7 Å². The summed E-state index contributed by atoms with van der Waals surface area (Å²) < 4.78 is 0. The molecule has 0 radical (unpaired) electrons. The van der Waals surface area contributed by atoms with Crippen LogP contribution in [0.5, 0.6) is 0 Å². The highest BCUT2D eigenvalue weighted by Gasteiger charge is 2.30. The maximum Gasteiger partial charge on any atom is 0.0271 e. The van der Waals surface area contributed by atoms with E-state index in [1.807, 2.05) is 0 Å². The molecule has 0 aliphatic carbocycles. The molecule has 3 atom stereocenters. The summed E-state index contributed by atoms with van der Waals surface area (Å²) in [5, 5.41) is 3.78. The fourth-order valence-electron chi connectivity index (χ4n) is 2.36. The van der Waals surface area contributed by atoms with Gasteiger partial charge in [-0.1, -0.05) is 6.92 Å². The Morgan fingerprint density at radius 3 is 2.41 bits per heavy atom. The van der Waals surface area contributed by atoms with Gasteiger partial charge in [0.25, 0.3) is 0 Å². The number of piperidine rings is 1. The molecule has 3 unspecified atom stereocenters. The first-order valence-corrected chi connectivity index (χ1v) is 6.85. The van der Waals surface area contributed by atoms with Gasteiger partial charge in [-0.3, -0.25) is 0 Å². The third kappa shape index (κ3) is 3.94. The third-order valence-electron chi connectivity index (χ3n) is 4.62. The summed E-state index contributed by atoms with van der Waals surface area (Å²) in [4.78, 5) is 4.77. The van der Waals surface area contributed by atoms with Gasteiger partial charge in [-0.05, 0) is 54.3 Å². The zero-order valence-electron chi connectivity index (χ0n) is 12.7. The van der Waals surface area contributed by atoms with Crippen molar-refractivity contribution in [3.05, 3.63) is 0 Å². The molecule has 3 nitrogen and oxygen atoms in total. The van der Waals surface area contributed by atoms with Gasteiger partial charge >= 0.3 is 0 Å². The molecule has 0 spiro atoms. The zero-order valence-corrected chi connectivity index (χ0v) is 12.7. The number of likely N-dealkylation sites (tertiary alicyclic amines) is 1. The molecule has 17 heavy (non-hydrogen) atoms. The topological polar surface area (TPSA) is 18.5 Å². The molecule has 1 heterocycles. The van der Waals surface area contributed by atoms with Crippen LogP contribution in [0.2, 0.25) is 0 Å². The van der Waals surface area contributed by atoms with Crippen molar-refractivity contribution in [2.24, 2.45) is 5.92 Å². The number of nitrogens with zero attached hydrogens (tertiary/aromatic N) is 2. The molecule has 1 fully saturated rings. The lowest BCUT2D eigenvalue weighted by Gasteiger charge is -2.42. The Balaban J connectivity index is 2.46. The number of likely N-dealkylation sites (N-methyl/N-ethyl adjacent to an activating group) is 1. The van der Waals surface area contributed by atoms with Crippen LogP contribution >= 0.6 is 0 Å². The lowest BCUT2D eigenvalue weighted by atomic mass is 9.89. The molecule has 1 aliphatic rings. The molecular formula is C14H31N3. The Hall–Kier alpha value is -0.120. The van der Waals surface area contributed by atoms with Crippen LogP contribution < -0.4 is 5.32 Å². The van der Waals surface area contributed by atoms with Gasteiger partial charge in [-0.2, -0.15) is 0 Å². The Labute approximate surface area is 108 Å². The number of nitrogens with one attached hydrogen (secondary N) is 1. The van der Waals surface area contributed by atoms with E-state index in [2.05, 4.69) is 64.0 Å². The molecule has 0 aromatic carbocycles. The third-order valence-corrected chi connectivity index (χ3v) is 4.62. The van der Waals surface area contributed by atoms with Gasteiger partial charge in [0.1, 0.15) is 0 Å². The van der Waals surface area contributed by atoms with Crippen LogP contribution in [0.4, 0.5) is 0 Å². The average Bonchev–Trinajstić information content (AvgIpc) is 2.21. The standard InChI is InChI=1S/C14H31N3/c1-11-9-17(7)12(2)8-13(11)15-10-14(3,4)16(5)6/h11-13,15H,8-10H2,1-7H3. The van der Waals surface area contributed by atoms with Crippen molar-refractivity contribution in [3.8, 4) is 0 Å². The molecule has 1 rings (SSSR count). The lowest BCUT2D eigenvalue weighted by molar-refractivity contribution is 0.107. The van der Waals surface area contributed by atoms with Crippen LogP contribution in [-0.4, -0.2) is 61.7 Å². The van der Waals surface area contributed by atoms with Crippen LogP contribution in [0.1, 0.15) is 34.1 Å². The monoisotopic (exact) mass is 241 g/mol. The van der Waals surface area contributed by atoms with E-state index in [4.69, 9.17) is 0 Å². The van der Waals surface area contributed by atoms with Gasteiger partial charge < -0.3 is 15.1 Å². The van der Waals surface area contributed by atoms with Gasteiger partial charge in [0.15, 0.2) is 0 Å². The first kappa shape index (κ1) is 14.9. The van der Waals surface area contributed by atoms with E-state index < -0.39 is 0 Å². The molecule has 0 aromatic rings. The second kappa shape index (κ2) is 5.68. The van der Waals surface area contributed by atoms with E-state index in [0.717, 1.165) is 12.5 Å². The minimum Gasteiger partial charge on any atom is -0.312 e. The number of hydrogen-bond acceptors (Lipinski definition) is 3. The van der Waals surface area contributed by atoms with Crippen LogP contribution in [0.15, 0.2) is 0 Å². The summed E-state index contributed by atoms with van der Waals surface area (Å²) in [6.45, 7) is 11.6. The predicted molar refractivity (Wildman–Crippen MR) is 75.4 cm³/mol. The van der Waals surface area contributed by atoms with Crippen molar-refractivity contribution in [3.63, 3.8) is 0 Å². The average molecular weight is 241 g/mol. The molecule has 1 saturated heterocycles. The predicted octanol–water partition coefficient (Wildman–Crippen LogP) is 1.64. The Morgan fingerprint density at radius 1 is 1.29 bits per heavy atom. The first-order chi connectivity index (χ1) is 7.74. The Bertz CT molecular complexity index is 238. The van der Waals surface area contributed by atoms with E-state index >= 15 is 0 Å². The Kier molecular flexibility index (Phi) is 4.99. The Morgan fingerprint density at radius 2 is 1.88 bits per heavy atom. The second-order valence-corrected chi connectivity index (χ2v) is 6.70.